The van der Waals surface area contributed by atoms with Gasteiger partial charge in [0.2, 0.25) is 0 Å². The molecule has 0 radical (unpaired) electrons. The summed E-state index contributed by atoms with van der Waals surface area (Å²) in [5, 5.41) is 1.94. The van der Waals surface area contributed by atoms with Gasteiger partial charge >= 0.3 is 5.97 Å². The van der Waals surface area contributed by atoms with Gasteiger partial charge in [0.15, 0.2) is 6.07 Å². The molecule has 0 atom stereocenters. The lowest BCUT2D eigenvalue weighted by atomic mass is 10.1. The fourth-order valence-electron chi connectivity index (χ4n) is 1.67. The standard InChI is InChI=1S/C13H11ClO3/c1-16-13(15)11-6-9-4-2-3-5-10(9)7-12(11)17-8-14/h2-7H,8H2,1H3. The highest BCUT2D eigenvalue weighted by atomic mass is 35.5. The van der Waals surface area contributed by atoms with Crippen molar-refractivity contribution in [1.82, 2.24) is 0 Å². The predicted molar refractivity (Wildman–Crippen MR) is 66.6 cm³/mol. The molecule has 2 rings (SSSR count). The first-order valence-corrected chi connectivity index (χ1v) is 5.59. The second kappa shape index (κ2) is 5.06. The Hall–Kier alpha value is -1.74. The maximum atomic E-state index is 11.6. The zero-order valence-electron chi connectivity index (χ0n) is 9.27. The number of fused-ring (bicyclic) bond motifs is 1. The molecular formula is C13H11ClO3. The third kappa shape index (κ3) is 2.34. The molecule has 4 heteroatoms. The van der Waals surface area contributed by atoms with Crippen LogP contribution in [0, 0.1) is 0 Å². The van der Waals surface area contributed by atoms with Gasteiger partial charge in [-0.25, -0.2) is 4.79 Å². The second-order valence-electron chi connectivity index (χ2n) is 3.44. The Balaban J connectivity index is 2.61. The zero-order valence-corrected chi connectivity index (χ0v) is 10.0. The van der Waals surface area contributed by atoms with Crippen LogP contribution in [0.25, 0.3) is 10.8 Å². The summed E-state index contributed by atoms with van der Waals surface area (Å²) < 4.78 is 9.94. The number of halogens is 1. The molecule has 3 nitrogen and oxygen atoms in total. The summed E-state index contributed by atoms with van der Waals surface area (Å²) in [6.45, 7) is 0. The second-order valence-corrected chi connectivity index (χ2v) is 3.66. The lowest BCUT2D eigenvalue weighted by molar-refractivity contribution is 0.0597. The molecule has 0 unspecified atom stereocenters. The number of hydrogen-bond donors (Lipinski definition) is 0. The van der Waals surface area contributed by atoms with Crippen molar-refractivity contribution in [2.45, 2.75) is 0 Å². The van der Waals surface area contributed by atoms with Gasteiger partial charge in [0.25, 0.3) is 0 Å². The number of esters is 1. The van der Waals surface area contributed by atoms with Crippen LogP contribution in [0.3, 0.4) is 0 Å². The van der Waals surface area contributed by atoms with E-state index < -0.39 is 5.97 Å². The van der Waals surface area contributed by atoms with Crippen LogP contribution < -0.4 is 4.74 Å². The number of methoxy groups -OCH3 is 1. The quantitative estimate of drug-likeness (QED) is 0.620. The van der Waals surface area contributed by atoms with Crippen molar-refractivity contribution < 1.29 is 14.3 Å². The van der Waals surface area contributed by atoms with Crippen LogP contribution in [0.15, 0.2) is 36.4 Å². The molecule has 0 saturated heterocycles. The summed E-state index contributed by atoms with van der Waals surface area (Å²) in [6.07, 6.45) is 0. The fourth-order valence-corrected chi connectivity index (χ4v) is 1.78. The van der Waals surface area contributed by atoms with Crippen molar-refractivity contribution in [3.8, 4) is 5.75 Å². The molecule has 0 spiro atoms. The molecule has 0 N–H and O–H groups in total. The average Bonchev–Trinajstić information content (AvgIpc) is 2.37. The average molecular weight is 251 g/mol. The molecule has 0 heterocycles. The molecule has 17 heavy (non-hydrogen) atoms. The number of carbonyl (C=O) groups is 1. The van der Waals surface area contributed by atoms with Gasteiger partial charge in [0.1, 0.15) is 11.3 Å². The minimum absolute atomic E-state index is 0.0116. The highest BCUT2D eigenvalue weighted by molar-refractivity contribution is 6.17. The van der Waals surface area contributed by atoms with Crippen molar-refractivity contribution in [1.29, 1.82) is 0 Å². The molecule has 0 aliphatic heterocycles. The molecule has 2 aromatic rings. The van der Waals surface area contributed by atoms with E-state index >= 15 is 0 Å². The van der Waals surface area contributed by atoms with E-state index in [0.29, 0.717) is 11.3 Å². The highest BCUT2D eigenvalue weighted by Crippen LogP contribution is 2.26. The number of alkyl halides is 1. The minimum atomic E-state index is -0.434. The maximum absolute atomic E-state index is 11.6. The third-order valence-corrected chi connectivity index (χ3v) is 2.57. The van der Waals surface area contributed by atoms with Gasteiger partial charge in [-0.1, -0.05) is 35.9 Å². The molecule has 88 valence electrons. The Bertz CT molecular complexity index is 551. The summed E-state index contributed by atoms with van der Waals surface area (Å²) >= 11 is 5.53. The molecule has 0 aliphatic rings. The van der Waals surface area contributed by atoms with E-state index in [1.165, 1.54) is 7.11 Å². The van der Waals surface area contributed by atoms with Crippen molar-refractivity contribution in [2.75, 3.05) is 13.2 Å². The lowest BCUT2D eigenvalue weighted by Crippen LogP contribution is -2.05. The van der Waals surface area contributed by atoms with E-state index in [2.05, 4.69) is 0 Å². The Morgan fingerprint density at radius 1 is 1.24 bits per heavy atom. The van der Waals surface area contributed by atoms with Gasteiger partial charge < -0.3 is 9.47 Å². The van der Waals surface area contributed by atoms with Crippen LogP contribution in [0.2, 0.25) is 0 Å². The minimum Gasteiger partial charge on any atom is -0.477 e. The van der Waals surface area contributed by atoms with E-state index in [9.17, 15) is 4.79 Å². The van der Waals surface area contributed by atoms with Crippen LogP contribution in [0.5, 0.6) is 5.75 Å². The van der Waals surface area contributed by atoms with Gasteiger partial charge in [-0.05, 0) is 22.9 Å². The van der Waals surface area contributed by atoms with Crippen LogP contribution in [0.1, 0.15) is 10.4 Å². The van der Waals surface area contributed by atoms with Crippen LogP contribution >= 0.6 is 11.6 Å². The summed E-state index contributed by atoms with van der Waals surface area (Å²) in [7, 11) is 1.34. The monoisotopic (exact) mass is 250 g/mol. The lowest BCUT2D eigenvalue weighted by Gasteiger charge is -2.09. The summed E-state index contributed by atoms with van der Waals surface area (Å²) in [5.74, 6) is 0.00131. The first-order valence-electron chi connectivity index (χ1n) is 5.06. The Morgan fingerprint density at radius 3 is 2.47 bits per heavy atom. The van der Waals surface area contributed by atoms with Gasteiger partial charge in [0.05, 0.1) is 7.11 Å². The highest BCUT2D eigenvalue weighted by Gasteiger charge is 2.14. The van der Waals surface area contributed by atoms with Gasteiger partial charge in [-0.15, -0.1) is 0 Å². The Morgan fingerprint density at radius 2 is 1.88 bits per heavy atom. The number of rotatable bonds is 3. The Kier molecular flexibility index (Phi) is 3.49. The summed E-state index contributed by atoms with van der Waals surface area (Å²) in [6, 6.07) is 11.2. The first-order chi connectivity index (χ1) is 8.26. The van der Waals surface area contributed by atoms with E-state index in [4.69, 9.17) is 21.1 Å². The summed E-state index contributed by atoms with van der Waals surface area (Å²) in [5.41, 5.74) is 0.381. The smallest absolute Gasteiger partial charge is 0.341 e. The zero-order chi connectivity index (χ0) is 12.3. The van der Waals surface area contributed by atoms with Crippen molar-refractivity contribution in [3.63, 3.8) is 0 Å². The molecule has 0 aromatic heterocycles. The number of benzene rings is 2. The van der Waals surface area contributed by atoms with Crippen molar-refractivity contribution >= 4 is 28.3 Å². The van der Waals surface area contributed by atoms with Crippen LogP contribution in [0.4, 0.5) is 0 Å². The molecule has 0 aliphatic carbocycles. The molecular weight excluding hydrogens is 240 g/mol. The predicted octanol–water partition coefficient (Wildman–Crippen LogP) is 3.20. The SMILES string of the molecule is COC(=O)c1cc2ccccc2cc1OCCl. The van der Waals surface area contributed by atoms with Gasteiger partial charge in [0, 0.05) is 0 Å². The fraction of sp³-hybridized carbons (Fsp3) is 0.154. The van der Waals surface area contributed by atoms with Gasteiger partial charge in [-0.2, -0.15) is 0 Å². The number of carbonyl (C=O) groups excluding carboxylic acids is 1. The molecule has 0 fully saturated rings. The van der Waals surface area contributed by atoms with Crippen LogP contribution in [-0.4, -0.2) is 19.1 Å². The topological polar surface area (TPSA) is 35.5 Å². The van der Waals surface area contributed by atoms with Crippen molar-refractivity contribution in [2.24, 2.45) is 0 Å². The molecule has 0 amide bonds. The first kappa shape index (κ1) is 11.7. The van der Waals surface area contributed by atoms with E-state index in [1.54, 1.807) is 12.1 Å². The van der Waals surface area contributed by atoms with Gasteiger partial charge in [-0.3, -0.25) is 0 Å². The van der Waals surface area contributed by atoms with E-state index in [-0.39, 0.29) is 6.07 Å². The maximum Gasteiger partial charge on any atom is 0.341 e. The van der Waals surface area contributed by atoms with E-state index in [1.807, 2.05) is 24.3 Å². The van der Waals surface area contributed by atoms with Crippen LogP contribution in [-0.2, 0) is 4.74 Å². The van der Waals surface area contributed by atoms with Crippen molar-refractivity contribution in [3.05, 3.63) is 42.0 Å². The molecule has 2 aromatic carbocycles. The molecule has 0 saturated carbocycles. The number of ether oxygens (including phenoxy) is 2. The molecule has 0 bridgehead atoms. The largest absolute Gasteiger partial charge is 0.477 e. The Labute approximate surface area is 104 Å². The van der Waals surface area contributed by atoms with E-state index in [0.717, 1.165) is 10.8 Å². The third-order valence-electron chi connectivity index (χ3n) is 2.46. The number of hydrogen-bond acceptors (Lipinski definition) is 3. The normalized spacial score (nSPS) is 10.2. The summed E-state index contributed by atoms with van der Waals surface area (Å²) in [4.78, 5) is 11.6.